The molecule has 0 heterocycles. The second-order valence-electron chi connectivity index (χ2n) is 2.77. The lowest BCUT2D eigenvalue weighted by molar-refractivity contribution is 0.409. The van der Waals surface area contributed by atoms with Gasteiger partial charge < -0.3 is 10.1 Å². The standard InChI is InChI=1S/C10H14BrNO/c1-12-7-6-8-9(11)4-3-5-10(8)13-2/h3-5,12H,6-7H2,1-2H3. The highest BCUT2D eigenvalue weighted by molar-refractivity contribution is 9.10. The molecule has 0 fully saturated rings. The number of ether oxygens (including phenoxy) is 1. The predicted molar refractivity (Wildman–Crippen MR) is 58.3 cm³/mol. The van der Waals surface area contributed by atoms with E-state index in [0.717, 1.165) is 23.2 Å². The molecule has 0 spiro atoms. The van der Waals surface area contributed by atoms with E-state index in [0.29, 0.717) is 0 Å². The van der Waals surface area contributed by atoms with Crippen molar-refractivity contribution in [3.63, 3.8) is 0 Å². The van der Waals surface area contributed by atoms with Gasteiger partial charge in [0.2, 0.25) is 0 Å². The van der Waals surface area contributed by atoms with Crippen molar-refractivity contribution < 1.29 is 4.74 Å². The summed E-state index contributed by atoms with van der Waals surface area (Å²) in [6.45, 7) is 0.957. The van der Waals surface area contributed by atoms with E-state index in [9.17, 15) is 0 Å². The summed E-state index contributed by atoms with van der Waals surface area (Å²) in [5, 5.41) is 3.12. The number of halogens is 1. The number of nitrogens with one attached hydrogen (secondary N) is 1. The Balaban J connectivity index is 2.87. The highest BCUT2D eigenvalue weighted by Gasteiger charge is 2.05. The zero-order valence-electron chi connectivity index (χ0n) is 7.93. The lowest BCUT2D eigenvalue weighted by atomic mass is 10.1. The summed E-state index contributed by atoms with van der Waals surface area (Å²) in [5.74, 6) is 0.949. The molecule has 0 aliphatic heterocycles. The molecule has 0 atom stereocenters. The molecule has 0 saturated heterocycles. The van der Waals surface area contributed by atoms with Gasteiger partial charge in [0.1, 0.15) is 5.75 Å². The van der Waals surface area contributed by atoms with Crippen molar-refractivity contribution in [3.8, 4) is 5.75 Å². The third-order valence-corrected chi connectivity index (χ3v) is 2.66. The Morgan fingerprint density at radius 3 is 2.85 bits per heavy atom. The van der Waals surface area contributed by atoms with Crippen molar-refractivity contribution in [2.75, 3.05) is 20.7 Å². The van der Waals surface area contributed by atoms with Gasteiger partial charge in [-0.05, 0) is 32.1 Å². The maximum absolute atomic E-state index is 5.27. The molecule has 1 aromatic carbocycles. The van der Waals surface area contributed by atoms with Gasteiger partial charge in [0.15, 0.2) is 0 Å². The predicted octanol–water partition coefficient (Wildman–Crippen LogP) is 2.22. The molecular weight excluding hydrogens is 230 g/mol. The van der Waals surface area contributed by atoms with Gasteiger partial charge in [-0.1, -0.05) is 22.0 Å². The molecular formula is C10H14BrNO. The van der Waals surface area contributed by atoms with Gasteiger partial charge in [-0.15, -0.1) is 0 Å². The first kappa shape index (κ1) is 10.5. The Labute approximate surface area is 87.4 Å². The normalized spacial score (nSPS) is 10.1. The van der Waals surface area contributed by atoms with Crippen LogP contribution < -0.4 is 10.1 Å². The quantitative estimate of drug-likeness (QED) is 0.876. The maximum atomic E-state index is 5.27. The number of methoxy groups -OCH3 is 1. The first-order valence-corrected chi connectivity index (χ1v) is 5.05. The molecule has 0 saturated carbocycles. The Kier molecular flexibility index (Phi) is 4.25. The zero-order valence-corrected chi connectivity index (χ0v) is 9.52. The van der Waals surface area contributed by atoms with Crippen LogP contribution in [0.3, 0.4) is 0 Å². The minimum absolute atomic E-state index is 0.949. The summed E-state index contributed by atoms with van der Waals surface area (Å²) >= 11 is 3.51. The van der Waals surface area contributed by atoms with Gasteiger partial charge in [-0.25, -0.2) is 0 Å². The molecule has 1 rings (SSSR count). The summed E-state index contributed by atoms with van der Waals surface area (Å²) in [6, 6.07) is 6.00. The molecule has 1 N–H and O–H groups in total. The van der Waals surface area contributed by atoms with Crippen LogP contribution in [0.2, 0.25) is 0 Å². The molecule has 0 bridgehead atoms. The fraction of sp³-hybridized carbons (Fsp3) is 0.400. The van der Waals surface area contributed by atoms with Gasteiger partial charge in [0.25, 0.3) is 0 Å². The van der Waals surface area contributed by atoms with E-state index in [-0.39, 0.29) is 0 Å². The minimum Gasteiger partial charge on any atom is -0.496 e. The van der Waals surface area contributed by atoms with E-state index in [2.05, 4.69) is 21.2 Å². The summed E-state index contributed by atoms with van der Waals surface area (Å²) in [4.78, 5) is 0. The van der Waals surface area contributed by atoms with Crippen LogP contribution in [0, 0.1) is 0 Å². The third kappa shape index (κ3) is 2.71. The van der Waals surface area contributed by atoms with Crippen molar-refractivity contribution in [1.29, 1.82) is 0 Å². The van der Waals surface area contributed by atoms with Crippen LogP contribution in [0.5, 0.6) is 5.75 Å². The number of benzene rings is 1. The monoisotopic (exact) mass is 243 g/mol. The van der Waals surface area contributed by atoms with E-state index < -0.39 is 0 Å². The fourth-order valence-electron chi connectivity index (χ4n) is 1.22. The van der Waals surface area contributed by atoms with Gasteiger partial charge >= 0.3 is 0 Å². The number of hydrogen-bond acceptors (Lipinski definition) is 2. The molecule has 0 radical (unpaired) electrons. The average Bonchev–Trinajstić information content (AvgIpc) is 2.15. The van der Waals surface area contributed by atoms with Crippen molar-refractivity contribution >= 4 is 15.9 Å². The summed E-state index contributed by atoms with van der Waals surface area (Å²) < 4.78 is 6.38. The van der Waals surface area contributed by atoms with Crippen LogP contribution in [0.4, 0.5) is 0 Å². The molecule has 3 heteroatoms. The van der Waals surface area contributed by atoms with Crippen LogP contribution in [0.25, 0.3) is 0 Å². The third-order valence-electron chi connectivity index (χ3n) is 1.92. The molecule has 0 unspecified atom stereocenters. The SMILES string of the molecule is CNCCc1c(Br)cccc1OC. The first-order chi connectivity index (χ1) is 6.29. The van der Waals surface area contributed by atoms with Gasteiger partial charge in [0.05, 0.1) is 7.11 Å². The van der Waals surface area contributed by atoms with Crippen molar-refractivity contribution in [2.45, 2.75) is 6.42 Å². The van der Waals surface area contributed by atoms with Crippen molar-refractivity contribution in [2.24, 2.45) is 0 Å². The molecule has 72 valence electrons. The average molecular weight is 244 g/mol. The summed E-state index contributed by atoms with van der Waals surface area (Å²) in [5.41, 5.74) is 1.22. The Morgan fingerprint density at radius 2 is 2.23 bits per heavy atom. The van der Waals surface area contributed by atoms with Gasteiger partial charge in [-0.3, -0.25) is 0 Å². The first-order valence-electron chi connectivity index (χ1n) is 4.25. The van der Waals surface area contributed by atoms with Crippen LogP contribution in [0.15, 0.2) is 22.7 Å². The van der Waals surface area contributed by atoms with Crippen molar-refractivity contribution in [1.82, 2.24) is 5.32 Å². The smallest absolute Gasteiger partial charge is 0.123 e. The van der Waals surface area contributed by atoms with Crippen LogP contribution in [-0.4, -0.2) is 20.7 Å². The molecule has 2 nitrogen and oxygen atoms in total. The molecule has 0 aliphatic carbocycles. The lowest BCUT2D eigenvalue weighted by Crippen LogP contribution is -2.11. The number of likely N-dealkylation sites (N-methyl/N-ethyl adjacent to an activating group) is 1. The fourth-order valence-corrected chi connectivity index (χ4v) is 1.77. The topological polar surface area (TPSA) is 21.3 Å². The lowest BCUT2D eigenvalue weighted by Gasteiger charge is -2.09. The highest BCUT2D eigenvalue weighted by Crippen LogP contribution is 2.26. The van der Waals surface area contributed by atoms with E-state index in [4.69, 9.17) is 4.74 Å². The molecule has 0 amide bonds. The minimum atomic E-state index is 0.949. The number of hydrogen-bond donors (Lipinski definition) is 1. The highest BCUT2D eigenvalue weighted by atomic mass is 79.9. The van der Waals surface area contributed by atoms with Gasteiger partial charge in [-0.2, -0.15) is 0 Å². The van der Waals surface area contributed by atoms with Crippen LogP contribution in [0.1, 0.15) is 5.56 Å². The van der Waals surface area contributed by atoms with E-state index in [1.54, 1.807) is 7.11 Å². The van der Waals surface area contributed by atoms with E-state index in [1.165, 1.54) is 5.56 Å². The number of rotatable bonds is 4. The van der Waals surface area contributed by atoms with Crippen molar-refractivity contribution in [3.05, 3.63) is 28.2 Å². The largest absolute Gasteiger partial charge is 0.496 e. The second-order valence-corrected chi connectivity index (χ2v) is 3.63. The maximum Gasteiger partial charge on any atom is 0.123 e. The van der Waals surface area contributed by atoms with Gasteiger partial charge in [0, 0.05) is 10.0 Å². The molecule has 1 aromatic rings. The molecule has 0 aliphatic rings. The Bertz CT molecular complexity index is 276. The molecule has 0 aromatic heterocycles. The van der Waals surface area contributed by atoms with Crippen LogP contribution in [-0.2, 0) is 6.42 Å². The summed E-state index contributed by atoms with van der Waals surface area (Å²) in [6.07, 6.45) is 0.973. The Morgan fingerprint density at radius 1 is 1.46 bits per heavy atom. The second kappa shape index (κ2) is 5.25. The zero-order chi connectivity index (χ0) is 9.68. The van der Waals surface area contributed by atoms with E-state index in [1.807, 2.05) is 25.2 Å². The molecule has 13 heavy (non-hydrogen) atoms. The summed E-state index contributed by atoms with van der Waals surface area (Å²) in [7, 11) is 3.65. The van der Waals surface area contributed by atoms with E-state index >= 15 is 0 Å². The van der Waals surface area contributed by atoms with Crippen LogP contribution >= 0.6 is 15.9 Å². The Hall–Kier alpha value is -0.540.